The molecule has 1 saturated carbocycles. The molecule has 0 aliphatic heterocycles. The minimum Gasteiger partial charge on any atom is -0.481 e. The van der Waals surface area contributed by atoms with Gasteiger partial charge in [-0.1, -0.05) is 49.6 Å². The van der Waals surface area contributed by atoms with Crippen LogP contribution in [0.2, 0.25) is 0 Å². The van der Waals surface area contributed by atoms with Crippen molar-refractivity contribution >= 4 is 17.7 Å². The maximum atomic E-state index is 12.2. The first kappa shape index (κ1) is 14.4. The van der Waals surface area contributed by atoms with E-state index < -0.39 is 17.9 Å². The molecule has 1 unspecified atom stereocenters. The highest BCUT2D eigenvalue weighted by molar-refractivity contribution is 7.99. The molecule has 104 valence electrons. The summed E-state index contributed by atoms with van der Waals surface area (Å²) in [6.07, 6.45) is 5.48. The molecule has 1 N–H and O–H groups in total. The minimum absolute atomic E-state index is 0.424. The van der Waals surface area contributed by atoms with Crippen LogP contribution in [-0.4, -0.2) is 17.1 Å². The van der Waals surface area contributed by atoms with Crippen molar-refractivity contribution in [3.05, 3.63) is 29.8 Å². The van der Waals surface area contributed by atoms with Crippen molar-refractivity contribution in [1.29, 1.82) is 0 Å². The molecule has 2 rings (SSSR count). The highest BCUT2D eigenvalue weighted by Crippen LogP contribution is 2.34. The lowest BCUT2D eigenvalue weighted by molar-refractivity contribution is -0.139. The number of benzene rings is 1. The van der Waals surface area contributed by atoms with E-state index in [1.165, 1.54) is 12.8 Å². The zero-order valence-electron chi connectivity index (χ0n) is 10.8. The Morgan fingerprint density at radius 1 is 1.32 bits per heavy atom. The van der Waals surface area contributed by atoms with Crippen LogP contribution in [0, 0.1) is 5.92 Å². The number of aliphatic carboxylic acids is 1. The average molecular weight is 282 g/mol. The Hall–Kier alpha value is -1.03. The van der Waals surface area contributed by atoms with Gasteiger partial charge >= 0.3 is 5.97 Å². The molecule has 1 aromatic rings. The van der Waals surface area contributed by atoms with Gasteiger partial charge in [0, 0.05) is 4.90 Å². The Kier molecular flexibility index (Phi) is 5.25. The summed E-state index contributed by atoms with van der Waals surface area (Å²) in [4.78, 5) is 12.3. The smallest absolute Gasteiger partial charge is 0.310 e. The van der Waals surface area contributed by atoms with E-state index in [-0.39, 0.29) is 0 Å². The molecule has 0 spiro atoms. The summed E-state index contributed by atoms with van der Waals surface area (Å²) in [5.41, 5.74) is 0.836. The standard InChI is InChI=1S/C15H19FO2S/c16-10-19-13-7-5-12(6-8-13)14(15(17)18)9-11-3-1-2-4-11/h5-8,11,14H,1-4,9-10H2,(H,17,18). The van der Waals surface area contributed by atoms with Gasteiger partial charge < -0.3 is 5.11 Å². The summed E-state index contributed by atoms with van der Waals surface area (Å²) in [5.74, 6) is -0.633. The van der Waals surface area contributed by atoms with Gasteiger partial charge in [0.15, 0.2) is 0 Å². The third-order valence-corrected chi connectivity index (χ3v) is 4.56. The van der Waals surface area contributed by atoms with Crippen LogP contribution in [0.25, 0.3) is 0 Å². The van der Waals surface area contributed by atoms with Gasteiger partial charge in [-0.2, -0.15) is 0 Å². The van der Waals surface area contributed by atoms with Gasteiger partial charge in [-0.25, -0.2) is 4.39 Å². The number of carboxylic acid groups (broad SMARTS) is 1. The van der Waals surface area contributed by atoms with Crippen molar-refractivity contribution < 1.29 is 14.3 Å². The quantitative estimate of drug-likeness (QED) is 0.783. The zero-order chi connectivity index (χ0) is 13.7. The lowest BCUT2D eigenvalue weighted by atomic mass is 9.88. The van der Waals surface area contributed by atoms with E-state index in [0.717, 1.165) is 41.5 Å². The van der Waals surface area contributed by atoms with Crippen LogP contribution in [-0.2, 0) is 4.79 Å². The second-order valence-corrected chi connectivity index (χ2v) is 6.08. The summed E-state index contributed by atoms with van der Waals surface area (Å²) >= 11 is 1.12. The summed E-state index contributed by atoms with van der Waals surface area (Å²) in [6, 6.07) is 6.82. The van der Waals surface area contributed by atoms with E-state index in [1.807, 2.05) is 24.3 Å². The summed E-state index contributed by atoms with van der Waals surface area (Å²) in [5, 5.41) is 9.39. The van der Waals surface area contributed by atoms with Gasteiger partial charge in [-0.15, -0.1) is 0 Å². The Balaban J connectivity index is 2.07. The molecule has 1 aliphatic carbocycles. The van der Waals surface area contributed by atoms with Crippen molar-refractivity contribution in [3.63, 3.8) is 0 Å². The third kappa shape index (κ3) is 3.96. The maximum Gasteiger partial charge on any atom is 0.310 e. The number of thioether (sulfide) groups is 1. The summed E-state index contributed by atoms with van der Waals surface area (Å²) in [6.45, 7) is 0. The first-order valence-corrected chi connectivity index (χ1v) is 7.71. The molecule has 0 bridgehead atoms. The Labute approximate surface area is 117 Å². The van der Waals surface area contributed by atoms with E-state index in [9.17, 15) is 14.3 Å². The predicted octanol–water partition coefficient (Wildman–Crippen LogP) is 4.45. The van der Waals surface area contributed by atoms with E-state index >= 15 is 0 Å². The molecule has 1 aromatic carbocycles. The first-order chi connectivity index (χ1) is 9.20. The summed E-state index contributed by atoms with van der Waals surface area (Å²) in [7, 11) is 0. The molecule has 2 nitrogen and oxygen atoms in total. The molecule has 4 heteroatoms. The number of carboxylic acids is 1. The Bertz CT molecular complexity index is 413. The fraction of sp³-hybridized carbons (Fsp3) is 0.533. The molecular weight excluding hydrogens is 263 g/mol. The number of carbonyl (C=O) groups is 1. The van der Waals surface area contributed by atoms with Crippen LogP contribution in [0.5, 0.6) is 0 Å². The minimum atomic E-state index is -0.752. The van der Waals surface area contributed by atoms with Crippen molar-refractivity contribution in [1.82, 2.24) is 0 Å². The third-order valence-electron chi connectivity index (χ3n) is 3.85. The monoisotopic (exact) mass is 282 g/mol. The van der Waals surface area contributed by atoms with Crippen LogP contribution in [0.15, 0.2) is 29.2 Å². The SMILES string of the molecule is O=C(O)C(CC1CCCC1)c1ccc(SCF)cc1. The number of hydrogen-bond donors (Lipinski definition) is 1. The molecule has 0 amide bonds. The highest BCUT2D eigenvalue weighted by atomic mass is 32.2. The van der Waals surface area contributed by atoms with Gasteiger partial charge in [0.25, 0.3) is 0 Å². The van der Waals surface area contributed by atoms with Crippen molar-refractivity contribution in [2.24, 2.45) is 5.92 Å². The van der Waals surface area contributed by atoms with Crippen molar-refractivity contribution in [3.8, 4) is 0 Å². The number of halogens is 1. The molecular formula is C15H19FO2S. The van der Waals surface area contributed by atoms with E-state index in [2.05, 4.69) is 0 Å². The van der Waals surface area contributed by atoms with E-state index in [0.29, 0.717) is 5.92 Å². The average Bonchev–Trinajstić information content (AvgIpc) is 2.90. The maximum absolute atomic E-state index is 12.2. The lowest BCUT2D eigenvalue weighted by Gasteiger charge is -2.17. The molecule has 1 aliphatic rings. The van der Waals surface area contributed by atoms with Gasteiger partial charge in [-0.05, 0) is 30.0 Å². The van der Waals surface area contributed by atoms with Gasteiger partial charge in [0.05, 0.1) is 5.92 Å². The van der Waals surface area contributed by atoms with Gasteiger partial charge in [0.2, 0.25) is 0 Å². The van der Waals surface area contributed by atoms with Gasteiger partial charge in [0.1, 0.15) is 6.01 Å². The fourth-order valence-electron chi connectivity index (χ4n) is 2.82. The van der Waals surface area contributed by atoms with Crippen LogP contribution in [0.4, 0.5) is 4.39 Å². The predicted molar refractivity (Wildman–Crippen MR) is 75.2 cm³/mol. The number of hydrogen-bond acceptors (Lipinski definition) is 2. The van der Waals surface area contributed by atoms with E-state index in [4.69, 9.17) is 0 Å². The molecule has 0 aromatic heterocycles. The topological polar surface area (TPSA) is 37.3 Å². The van der Waals surface area contributed by atoms with Crippen molar-refractivity contribution in [2.75, 3.05) is 6.01 Å². The molecule has 19 heavy (non-hydrogen) atoms. The zero-order valence-corrected chi connectivity index (χ0v) is 11.7. The number of rotatable bonds is 6. The first-order valence-electron chi connectivity index (χ1n) is 6.72. The number of alkyl halides is 1. The Morgan fingerprint density at radius 3 is 2.47 bits per heavy atom. The van der Waals surface area contributed by atoms with Gasteiger partial charge in [-0.3, -0.25) is 4.79 Å². The molecule has 1 atom stereocenters. The van der Waals surface area contributed by atoms with Crippen LogP contribution in [0.3, 0.4) is 0 Å². The molecule has 0 heterocycles. The largest absolute Gasteiger partial charge is 0.481 e. The van der Waals surface area contributed by atoms with Crippen LogP contribution in [0.1, 0.15) is 43.6 Å². The highest BCUT2D eigenvalue weighted by Gasteiger charge is 2.26. The normalized spacial score (nSPS) is 17.5. The van der Waals surface area contributed by atoms with Crippen LogP contribution >= 0.6 is 11.8 Å². The lowest BCUT2D eigenvalue weighted by Crippen LogP contribution is -2.15. The van der Waals surface area contributed by atoms with Crippen molar-refractivity contribution in [2.45, 2.75) is 42.9 Å². The second kappa shape index (κ2) is 6.94. The molecule has 0 saturated heterocycles. The molecule has 0 radical (unpaired) electrons. The molecule has 1 fully saturated rings. The second-order valence-electron chi connectivity index (χ2n) is 5.10. The van der Waals surface area contributed by atoms with E-state index in [1.54, 1.807) is 0 Å². The summed E-state index contributed by atoms with van der Waals surface area (Å²) < 4.78 is 12.2. The Morgan fingerprint density at radius 2 is 1.95 bits per heavy atom. The van der Waals surface area contributed by atoms with Crippen LogP contribution < -0.4 is 0 Å². The fourth-order valence-corrected chi connectivity index (χ4v) is 3.27.